The number of benzene rings is 1. The molecule has 4 nitrogen and oxygen atoms in total. The Morgan fingerprint density at radius 1 is 1.20 bits per heavy atom. The van der Waals surface area contributed by atoms with Gasteiger partial charge in [0.2, 0.25) is 5.91 Å². The average molecular weight is 341 g/mol. The number of likely N-dealkylation sites (N-methyl/N-ethyl adjacent to an activating group) is 1. The Balaban J connectivity index is 2.57. The number of carbonyl (C=O) groups is 2. The van der Waals surface area contributed by atoms with Crippen LogP contribution < -0.4 is 5.32 Å². The molecule has 0 spiro atoms. The van der Waals surface area contributed by atoms with Gasteiger partial charge in [-0.05, 0) is 32.5 Å². The number of nitrogens with one attached hydrogen (secondary N) is 1. The maximum atomic E-state index is 12.1. The zero-order chi connectivity index (χ0) is 15.1. The summed E-state index contributed by atoms with van der Waals surface area (Å²) in [5.74, 6) is -0.0258. The molecule has 0 atom stereocenters. The third-order valence-corrected chi connectivity index (χ3v) is 3.33. The molecule has 0 heterocycles. The molecule has 1 amide bonds. The zero-order valence-electron chi connectivity index (χ0n) is 12.1. The van der Waals surface area contributed by atoms with E-state index >= 15 is 0 Å². The first-order valence-electron chi connectivity index (χ1n) is 6.72. The standard InChI is InChI=1S/C15H21BrN2O2/c1-4-18(10-15(20)17-11(2)3)9-14(19)12-5-7-13(16)8-6-12/h5-8,11H,4,9-10H2,1-3H3,(H,17,20). The highest BCUT2D eigenvalue weighted by atomic mass is 79.9. The Labute approximate surface area is 128 Å². The average Bonchev–Trinajstić information content (AvgIpc) is 2.37. The summed E-state index contributed by atoms with van der Waals surface area (Å²) >= 11 is 3.34. The van der Waals surface area contributed by atoms with Crippen LogP contribution in [0.25, 0.3) is 0 Å². The van der Waals surface area contributed by atoms with Gasteiger partial charge in [0, 0.05) is 16.1 Å². The Kier molecular flexibility index (Phi) is 6.88. The fourth-order valence-electron chi connectivity index (χ4n) is 1.78. The van der Waals surface area contributed by atoms with Gasteiger partial charge >= 0.3 is 0 Å². The van der Waals surface area contributed by atoms with Crippen molar-refractivity contribution in [1.82, 2.24) is 10.2 Å². The first kappa shape index (κ1) is 16.9. The van der Waals surface area contributed by atoms with Crippen LogP contribution in [-0.2, 0) is 4.79 Å². The minimum Gasteiger partial charge on any atom is -0.353 e. The molecular formula is C15H21BrN2O2. The molecule has 1 rings (SSSR count). The first-order valence-corrected chi connectivity index (χ1v) is 7.52. The van der Waals surface area contributed by atoms with E-state index in [0.29, 0.717) is 12.1 Å². The van der Waals surface area contributed by atoms with Crippen LogP contribution in [-0.4, -0.2) is 42.3 Å². The summed E-state index contributed by atoms with van der Waals surface area (Å²) in [6.45, 7) is 6.94. The molecule has 1 aromatic rings. The highest BCUT2D eigenvalue weighted by molar-refractivity contribution is 9.10. The zero-order valence-corrected chi connectivity index (χ0v) is 13.7. The van der Waals surface area contributed by atoms with Crippen molar-refractivity contribution in [2.45, 2.75) is 26.8 Å². The predicted octanol–water partition coefficient (Wildman–Crippen LogP) is 2.48. The van der Waals surface area contributed by atoms with Crippen LogP contribution in [0.2, 0.25) is 0 Å². The Morgan fingerprint density at radius 3 is 2.30 bits per heavy atom. The molecule has 0 saturated heterocycles. The minimum atomic E-state index is -0.0505. The molecule has 1 aromatic carbocycles. The molecule has 0 saturated carbocycles. The Morgan fingerprint density at radius 2 is 1.80 bits per heavy atom. The van der Waals surface area contributed by atoms with Crippen LogP contribution >= 0.6 is 15.9 Å². The quantitative estimate of drug-likeness (QED) is 0.775. The second-order valence-electron chi connectivity index (χ2n) is 4.96. The topological polar surface area (TPSA) is 49.4 Å². The highest BCUT2D eigenvalue weighted by Gasteiger charge is 2.14. The molecule has 0 radical (unpaired) electrons. The number of ketones is 1. The number of hydrogen-bond donors (Lipinski definition) is 1. The van der Waals surface area contributed by atoms with E-state index in [4.69, 9.17) is 0 Å². The van der Waals surface area contributed by atoms with Gasteiger partial charge in [0.15, 0.2) is 5.78 Å². The van der Waals surface area contributed by atoms with E-state index in [-0.39, 0.29) is 30.8 Å². The molecule has 0 aliphatic carbocycles. The van der Waals surface area contributed by atoms with Crippen molar-refractivity contribution >= 4 is 27.6 Å². The van der Waals surface area contributed by atoms with E-state index in [1.165, 1.54) is 0 Å². The first-order chi connectivity index (χ1) is 9.42. The van der Waals surface area contributed by atoms with Crippen LogP contribution in [0.1, 0.15) is 31.1 Å². The largest absolute Gasteiger partial charge is 0.353 e. The van der Waals surface area contributed by atoms with E-state index in [1.54, 1.807) is 12.1 Å². The van der Waals surface area contributed by atoms with Gasteiger partial charge in [-0.1, -0.05) is 35.0 Å². The third kappa shape index (κ3) is 5.84. The van der Waals surface area contributed by atoms with Gasteiger partial charge in [-0.15, -0.1) is 0 Å². The summed E-state index contributed by atoms with van der Waals surface area (Å²) < 4.78 is 0.942. The fourth-order valence-corrected chi connectivity index (χ4v) is 2.04. The van der Waals surface area contributed by atoms with Crippen molar-refractivity contribution < 1.29 is 9.59 Å². The predicted molar refractivity (Wildman–Crippen MR) is 83.9 cm³/mol. The van der Waals surface area contributed by atoms with Crippen molar-refractivity contribution in [2.75, 3.05) is 19.6 Å². The van der Waals surface area contributed by atoms with Gasteiger partial charge < -0.3 is 5.32 Å². The van der Waals surface area contributed by atoms with Gasteiger partial charge in [0.1, 0.15) is 0 Å². The maximum Gasteiger partial charge on any atom is 0.234 e. The van der Waals surface area contributed by atoms with Crippen molar-refractivity contribution in [2.24, 2.45) is 0 Å². The Hall–Kier alpha value is -1.20. The smallest absolute Gasteiger partial charge is 0.234 e. The van der Waals surface area contributed by atoms with Crippen LogP contribution in [0.5, 0.6) is 0 Å². The number of hydrogen-bond acceptors (Lipinski definition) is 3. The van der Waals surface area contributed by atoms with Gasteiger partial charge in [0.25, 0.3) is 0 Å². The number of rotatable bonds is 7. The van der Waals surface area contributed by atoms with Crippen molar-refractivity contribution in [3.63, 3.8) is 0 Å². The molecule has 0 bridgehead atoms. The van der Waals surface area contributed by atoms with E-state index in [2.05, 4.69) is 21.2 Å². The lowest BCUT2D eigenvalue weighted by molar-refractivity contribution is -0.122. The van der Waals surface area contributed by atoms with Crippen LogP contribution in [0, 0.1) is 0 Å². The highest BCUT2D eigenvalue weighted by Crippen LogP contribution is 2.11. The molecule has 1 N–H and O–H groups in total. The second-order valence-corrected chi connectivity index (χ2v) is 5.87. The van der Waals surface area contributed by atoms with E-state index in [0.717, 1.165) is 4.47 Å². The van der Waals surface area contributed by atoms with Crippen LogP contribution in [0.4, 0.5) is 0 Å². The van der Waals surface area contributed by atoms with E-state index < -0.39 is 0 Å². The number of halogens is 1. The lowest BCUT2D eigenvalue weighted by atomic mass is 10.1. The van der Waals surface area contributed by atoms with Crippen LogP contribution in [0.3, 0.4) is 0 Å². The molecule has 0 aliphatic rings. The van der Waals surface area contributed by atoms with E-state index in [9.17, 15) is 9.59 Å². The SMILES string of the molecule is CCN(CC(=O)NC(C)C)CC(=O)c1ccc(Br)cc1. The normalized spacial score (nSPS) is 10.9. The summed E-state index contributed by atoms with van der Waals surface area (Å²) in [6.07, 6.45) is 0. The third-order valence-electron chi connectivity index (χ3n) is 2.80. The van der Waals surface area contributed by atoms with Crippen LogP contribution in [0.15, 0.2) is 28.7 Å². The summed E-state index contributed by atoms with van der Waals surface area (Å²) in [4.78, 5) is 25.7. The number of nitrogens with zero attached hydrogens (tertiary/aromatic N) is 1. The van der Waals surface area contributed by atoms with Gasteiger partial charge in [-0.3, -0.25) is 14.5 Å². The summed E-state index contributed by atoms with van der Waals surface area (Å²) in [6, 6.07) is 7.37. The lowest BCUT2D eigenvalue weighted by Gasteiger charge is -2.20. The summed E-state index contributed by atoms with van der Waals surface area (Å²) in [5, 5.41) is 2.83. The molecule has 0 unspecified atom stereocenters. The van der Waals surface area contributed by atoms with Gasteiger partial charge in [0.05, 0.1) is 13.1 Å². The van der Waals surface area contributed by atoms with Crippen molar-refractivity contribution in [3.05, 3.63) is 34.3 Å². The van der Waals surface area contributed by atoms with Gasteiger partial charge in [-0.25, -0.2) is 0 Å². The molecule has 5 heteroatoms. The lowest BCUT2D eigenvalue weighted by Crippen LogP contribution is -2.41. The molecule has 20 heavy (non-hydrogen) atoms. The van der Waals surface area contributed by atoms with Crippen molar-refractivity contribution in [3.8, 4) is 0 Å². The second kappa shape index (κ2) is 8.17. The number of carbonyl (C=O) groups excluding carboxylic acids is 2. The van der Waals surface area contributed by atoms with Crippen molar-refractivity contribution in [1.29, 1.82) is 0 Å². The molecule has 110 valence electrons. The summed E-state index contributed by atoms with van der Waals surface area (Å²) in [7, 11) is 0. The molecular weight excluding hydrogens is 320 g/mol. The molecule has 0 aromatic heterocycles. The number of amides is 1. The minimum absolute atomic E-state index is 0.0247. The van der Waals surface area contributed by atoms with Gasteiger partial charge in [-0.2, -0.15) is 0 Å². The maximum absolute atomic E-state index is 12.1. The Bertz CT molecular complexity index is 457. The summed E-state index contributed by atoms with van der Waals surface area (Å²) in [5.41, 5.74) is 0.663. The fraction of sp³-hybridized carbons (Fsp3) is 0.467. The molecule has 0 fully saturated rings. The molecule has 0 aliphatic heterocycles. The monoisotopic (exact) mass is 340 g/mol. The van der Waals surface area contributed by atoms with E-state index in [1.807, 2.05) is 37.8 Å². The number of Topliss-reactive ketones (excluding diaryl/α,β-unsaturated/α-hetero) is 1.